The van der Waals surface area contributed by atoms with Crippen molar-refractivity contribution in [2.24, 2.45) is 0 Å². The Bertz CT molecular complexity index is 550. The zero-order valence-electron chi connectivity index (χ0n) is 11.7. The van der Waals surface area contributed by atoms with Crippen molar-refractivity contribution in [1.82, 2.24) is 9.97 Å². The lowest BCUT2D eigenvalue weighted by Gasteiger charge is -2.20. The van der Waals surface area contributed by atoms with Gasteiger partial charge in [0.15, 0.2) is 0 Å². The number of imidazole rings is 1. The maximum atomic E-state index is 5.07. The van der Waals surface area contributed by atoms with Crippen LogP contribution in [0.25, 0.3) is 11.3 Å². The zero-order chi connectivity index (χ0) is 13.3. The van der Waals surface area contributed by atoms with Crippen LogP contribution in [0.3, 0.4) is 0 Å². The van der Waals surface area contributed by atoms with E-state index in [-0.39, 0.29) is 5.41 Å². The smallest absolute Gasteiger partial charge is 0.293 e. The molecule has 1 heterocycles. The Hall–Kier alpha value is -1.77. The number of aromatic amines is 1. The van der Waals surface area contributed by atoms with Gasteiger partial charge in [-0.25, -0.2) is 4.98 Å². The average molecular weight is 244 g/mol. The van der Waals surface area contributed by atoms with Crippen molar-refractivity contribution >= 4 is 0 Å². The van der Waals surface area contributed by atoms with Crippen LogP contribution in [0.1, 0.15) is 31.9 Å². The zero-order valence-corrected chi connectivity index (χ0v) is 11.7. The molecule has 0 aliphatic carbocycles. The summed E-state index contributed by atoms with van der Waals surface area (Å²) in [5.41, 5.74) is 4.92. The molecule has 0 amide bonds. The summed E-state index contributed by atoms with van der Waals surface area (Å²) >= 11 is 0. The summed E-state index contributed by atoms with van der Waals surface area (Å²) in [6.45, 7) is 8.79. The highest BCUT2D eigenvalue weighted by Crippen LogP contribution is 2.29. The van der Waals surface area contributed by atoms with E-state index in [0.29, 0.717) is 6.01 Å². The second-order valence-corrected chi connectivity index (χ2v) is 5.59. The van der Waals surface area contributed by atoms with E-state index in [1.54, 1.807) is 13.3 Å². The normalized spacial score (nSPS) is 11.6. The van der Waals surface area contributed by atoms with Crippen LogP contribution < -0.4 is 4.74 Å². The molecule has 2 aromatic rings. The Morgan fingerprint density at radius 1 is 1.22 bits per heavy atom. The van der Waals surface area contributed by atoms with E-state index in [4.69, 9.17) is 4.74 Å². The van der Waals surface area contributed by atoms with Crippen LogP contribution in [0.4, 0.5) is 0 Å². The van der Waals surface area contributed by atoms with Crippen molar-refractivity contribution in [3.8, 4) is 17.3 Å². The molecule has 3 nitrogen and oxygen atoms in total. The average Bonchev–Trinajstić information content (AvgIpc) is 2.76. The summed E-state index contributed by atoms with van der Waals surface area (Å²) in [6, 6.07) is 7.10. The number of benzene rings is 1. The summed E-state index contributed by atoms with van der Waals surface area (Å²) in [4.78, 5) is 7.29. The SMILES string of the molecule is COc1ncc(-c2ccc(C(C)(C)C)cc2C)[nH]1. The quantitative estimate of drug-likeness (QED) is 0.874. The second kappa shape index (κ2) is 4.48. The fourth-order valence-corrected chi connectivity index (χ4v) is 1.98. The van der Waals surface area contributed by atoms with Gasteiger partial charge in [-0.1, -0.05) is 39.0 Å². The topological polar surface area (TPSA) is 37.9 Å². The number of nitrogens with one attached hydrogen (secondary N) is 1. The molecular weight excluding hydrogens is 224 g/mol. The predicted octanol–water partition coefficient (Wildman–Crippen LogP) is 3.69. The summed E-state index contributed by atoms with van der Waals surface area (Å²) in [7, 11) is 1.61. The van der Waals surface area contributed by atoms with Gasteiger partial charge in [-0.2, -0.15) is 0 Å². The third-order valence-corrected chi connectivity index (χ3v) is 3.13. The number of aromatic nitrogens is 2. The fraction of sp³-hybridized carbons (Fsp3) is 0.400. The molecule has 0 saturated heterocycles. The summed E-state index contributed by atoms with van der Waals surface area (Å²) in [5, 5.41) is 0. The Morgan fingerprint density at radius 2 is 1.94 bits per heavy atom. The van der Waals surface area contributed by atoms with E-state index in [1.807, 2.05) is 0 Å². The first-order chi connectivity index (χ1) is 8.41. The minimum Gasteiger partial charge on any atom is -0.468 e. The Labute approximate surface area is 108 Å². The number of nitrogens with zero attached hydrogens (tertiary/aromatic N) is 1. The fourth-order valence-electron chi connectivity index (χ4n) is 1.98. The molecule has 1 aromatic carbocycles. The van der Waals surface area contributed by atoms with Crippen LogP contribution in [-0.2, 0) is 5.41 Å². The number of aryl methyl sites for hydroxylation is 1. The summed E-state index contributed by atoms with van der Waals surface area (Å²) in [6.07, 6.45) is 1.80. The first-order valence-corrected chi connectivity index (χ1v) is 6.12. The van der Waals surface area contributed by atoms with Crippen LogP contribution in [0.5, 0.6) is 6.01 Å². The molecule has 0 aliphatic heterocycles. The first kappa shape index (κ1) is 12.7. The molecule has 0 spiro atoms. The Kier molecular flexibility index (Phi) is 3.16. The number of rotatable bonds is 2. The highest BCUT2D eigenvalue weighted by molar-refractivity contribution is 5.64. The second-order valence-electron chi connectivity index (χ2n) is 5.59. The molecule has 3 heteroatoms. The summed E-state index contributed by atoms with van der Waals surface area (Å²) in [5.74, 6) is 0. The van der Waals surface area contributed by atoms with Gasteiger partial charge in [-0.15, -0.1) is 0 Å². The van der Waals surface area contributed by atoms with Gasteiger partial charge in [0, 0.05) is 5.56 Å². The molecule has 1 N–H and O–H groups in total. The van der Waals surface area contributed by atoms with Crippen molar-refractivity contribution in [3.05, 3.63) is 35.5 Å². The standard InChI is InChI=1S/C15H20N2O/c1-10-8-11(15(2,3)4)6-7-12(10)13-9-16-14(17-13)18-5/h6-9H,1-5H3,(H,16,17). The third kappa shape index (κ3) is 2.40. The molecule has 2 rings (SSSR count). The molecule has 18 heavy (non-hydrogen) atoms. The minimum absolute atomic E-state index is 0.176. The lowest BCUT2D eigenvalue weighted by atomic mass is 9.85. The predicted molar refractivity (Wildman–Crippen MR) is 74.0 cm³/mol. The molecule has 0 atom stereocenters. The highest BCUT2D eigenvalue weighted by atomic mass is 16.5. The van der Waals surface area contributed by atoms with Gasteiger partial charge in [0.25, 0.3) is 6.01 Å². The van der Waals surface area contributed by atoms with Crippen molar-refractivity contribution < 1.29 is 4.74 Å². The van der Waals surface area contributed by atoms with E-state index < -0.39 is 0 Å². The van der Waals surface area contributed by atoms with Crippen molar-refractivity contribution in [2.45, 2.75) is 33.1 Å². The van der Waals surface area contributed by atoms with E-state index >= 15 is 0 Å². The van der Waals surface area contributed by atoms with Crippen molar-refractivity contribution in [3.63, 3.8) is 0 Å². The van der Waals surface area contributed by atoms with Crippen molar-refractivity contribution in [1.29, 1.82) is 0 Å². The molecule has 0 radical (unpaired) electrons. The van der Waals surface area contributed by atoms with Gasteiger partial charge in [0.05, 0.1) is 19.0 Å². The van der Waals surface area contributed by atoms with Crippen LogP contribution in [-0.4, -0.2) is 17.1 Å². The molecule has 1 aromatic heterocycles. The lowest BCUT2D eigenvalue weighted by molar-refractivity contribution is 0.384. The third-order valence-electron chi connectivity index (χ3n) is 3.13. The number of ether oxygens (including phenoxy) is 1. The Morgan fingerprint density at radius 3 is 2.44 bits per heavy atom. The molecular formula is C15H20N2O. The maximum absolute atomic E-state index is 5.07. The number of hydrogen-bond donors (Lipinski definition) is 1. The lowest BCUT2D eigenvalue weighted by Crippen LogP contribution is -2.11. The molecule has 0 unspecified atom stereocenters. The number of hydrogen-bond acceptors (Lipinski definition) is 2. The van der Waals surface area contributed by atoms with E-state index in [1.165, 1.54) is 16.7 Å². The van der Waals surface area contributed by atoms with E-state index in [9.17, 15) is 0 Å². The van der Waals surface area contributed by atoms with Crippen LogP contribution in [0.2, 0.25) is 0 Å². The monoisotopic (exact) mass is 244 g/mol. The van der Waals surface area contributed by atoms with Crippen LogP contribution in [0, 0.1) is 6.92 Å². The molecule has 0 aliphatic rings. The maximum Gasteiger partial charge on any atom is 0.293 e. The van der Waals surface area contributed by atoms with Gasteiger partial charge in [-0.3, -0.25) is 0 Å². The molecule has 96 valence electrons. The van der Waals surface area contributed by atoms with Gasteiger partial charge < -0.3 is 9.72 Å². The van der Waals surface area contributed by atoms with Gasteiger partial charge >= 0.3 is 0 Å². The van der Waals surface area contributed by atoms with Crippen LogP contribution >= 0.6 is 0 Å². The Balaban J connectivity index is 2.41. The number of methoxy groups -OCH3 is 1. The van der Waals surface area contributed by atoms with Crippen LogP contribution in [0.15, 0.2) is 24.4 Å². The first-order valence-electron chi connectivity index (χ1n) is 6.12. The summed E-state index contributed by atoms with van der Waals surface area (Å²) < 4.78 is 5.07. The number of H-pyrrole nitrogens is 1. The molecule has 0 fully saturated rings. The highest BCUT2D eigenvalue weighted by Gasteiger charge is 2.15. The van der Waals surface area contributed by atoms with E-state index in [2.05, 4.69) is 55.9 Å². The van der Waals surface area contributed by atoms with E-state index in [0.717, 1.165) is 5.69 Å². The van der Waals surface area contributed by atoms with Gasteiger partial charge in [0.1, 0.15) is 0 Å². The van der Waals surface area contributed by atoms with Gasteiger partial charge in [-0.05, 0) is 23.5 Å². The minimum atomic E-state index is 0.176. The molecule has 0 bridgehead atoms. The largest absolute Gasteiger partial charge is 0.468 e. The van der Waals surface area contributed by atoms with Gasteiger partial charge in [0.2, 0.25) is 0 Å². The molecule has 0 saturated carbocycles. The van der Waals surface area contributed by atoms with Crippen molar-refractivity contribution in [2.75, 3.05) is 7.11 Å².